The van der Waals surface area contributed by atoms with Crippen molar-refractivity contribution < 1.29 is 19.4 Å². The summed E-state index contributed by atoms with van der Waals surface area (Å²) in [4.78, 5) is 26.0. The molecule has 0 bridgehead atoms. The zero-order chi connectivity index (χ0) is 13.1. The quantitative estimate of drug-likeness (QED) is 0.481. The molecule has 0 aliphatic heterocycles. The van der Waals surface area contributed by atoms with Crippen molar-refractivity contribution >= 4 is 22.7 Å². The van der Waals surface area contributed by atoms with Crippen molar-refractivity contribution in [2.24, 2.45) is 0 Å². The summed E-state index contributed by atoms with van der Waals surface area (Å²) in [5.74, 6) is -1.56. The Morgan fingerprint density at radius 3 is 2.83 bits per heavy atom. The van der Waals surface area contributed by atoms with E-state index < -0.39 is 11.8 Å². The SMILES string of the molecule is COC(=O)C(=O)c1c[nH]c2c(CCO)cccc12. The molecule has 0 aliphatic rings. The standard InChI is InChI=1S/C13H13NO4/c1-18-13(17)12(16)10-7-14-11-8(5-6-15)3-2-4-9(10)11/h2-4,7,14-15H,5-6H2,1H3. The lowest BCUT2D eigenvalue weighted by Gasteiger charge is -2.01. The molecule has 0 amide bonds. The molecule has 0 saturated carbocycles. The maximum atomic E-state index is 11.8. The van der Waals surface area contributed by atoms with E-state index in [1.165, 1.54) is 13.3 Å². The molecule has 2 N–H and O–H groups in total. The Hall–Kier alpha value is -2.14. The number of hydrogen-bond acceptors (Lipinski definition) is 4. The average Bonchev–Trinajstić information content (AvgIpc) is 2.82. The summed E-state index contributed by atoms with van der Waals surface area (Å²) in [6.07, 6.45) is 1.98. The summed E-state index contributed by atoms with van der Waals surface area (Å²) in [5, 5.41) is 9.63. The molecule has 0 fully saturated rings. The Morgan fingerprint density at radius 1 is 1.39 bits per heavy atom. The molecule has 2 rings (SSSR count). The van der Waals surface area contributed by atoms with Crippen molar-refractivity contribution in [3.8, 4) is 0 Å². The molecule has 0 radical (unpaired) electrons. The highest BCUT2D eigenvalue weighted by Gasteiger charge is 2.20. The lowest BCUT2D eigenvalue weighted by molar-refractivity contribution is -0.135. The molecule has 0 saturated heterocycles. The van der Waals surface area contributed by atoms with Crippen molar-refractivity contribution in [3.63, 3.8) is 0 Å². The number of esters is 1. The lowest BCUT2D eigenvalue weighted by atomic mass is 10.0. The van der Waals surface area contributed by atoms with Crippen LogP contribution in [0.25, 0.3) is 10.9 Å². The number of carbonyl (C=O) groups is 2. The van der Waals surface area contributed by atoms with Crippen LogP contribution in [0.5, 0.6) is 0 Å². The Morgan fingerprint density at radius 2 is 2.17 bits per heavy atom. The number of para-hydroxylation sites is 1. The highest BCUT2D eigenvalue weighted by molar-refractivity contribution is 6.43. The molecule has 1 aromatic heterocycles. The minimum atomic E-state index is -0.886. The number of ketones is 1. The van der Waals surface area contributed by atoms with Gasteiger partial charge in [-0.2, -0.15) is 0 Å². The van der Waals surface area contributed by atoms with Crippen molar-refractivity contribution in [1.29, 1.82) is 0 Å². The molecule has 1 aromatic carbocycles. The number of H-pyrrole nitrogens is 1. The van der Waals surface area contributed by atoms with Crippen molar-refractivity contribution in [2.45, 2.75) is 6.42 Å². The predicted molar refractivity (Wildman–Crippen MR) is 65.4 cm³/mol. The van der Waals surface area contributed by atoms with Gasteiger partial charge in [0, 0.05) is 23.7 Å². The van der Waals surface area contributed by atoms with Gasteiger partial charge in [0.25, 0.3) is 5.78 Å². The smallest absolute Gasteiger partial charge is 0.379 e. The van der Waals surface area contributed by atoms with Crippen LogP contribution in [-0.4, -0.2) is 35.6 Å². The zero-order valence-electron chi connectivity index (χ0n) is 9.90. The molecule has 5 nitrogen and oxygen atoms in total. The lowest BCUT2D eigenvalue weighted by Crippen LogP contribution is -2.15. The normalized spacial score (nSPS) is 10.6. The molecule has 2 aromatic rings. The zero-order valence-corrected chi connectivity index (χ0v) is 9.90. The van der Waals surface area contributed by atoms with Crippen LogP contribution in [0.1, 0.15) is 15.9 Å². The van der Waals surface area contributed by atoms with Gasteiger partial charge in [0.2, 0.25) is 0 Å². The summed E-state index contributed by atoms with van der Waals surface area (Å²) in [5.41, 5.74) is 1.95. The number of fused-ring (bicyclic) bond motifs is 1. The van der Waals surface area contributed by atoms with Crippen LogP contribution in [0, 0.1) is 0 Å². The van der Waals surface area contributed by atoms with E-state index in [2.05, 4.69) is 9.72 Å². The van der Waals surface area contributed by atoms with Gasteiger partial charge in [-0.25, -0.2) is 4.79 Å². The number of aliphatic hydroxyl groups is 1. The first kappa shape index (κ1) is 12.3. The molecular weight excluding hydrogens is 234 g/mol. The van der Waals surface area contributed by atoms with E-state index >= 15 is 0 Å². The van der Waals surface area contributed by atoms with E-state index in [0.717, 1.165) is 11.1 Å². The Labute approximate surface area is 103 Å². The third-order valence-corrected chi connectivity index (χ3v) is 2.80. The largest absolute Gasteiger partial charge is 0.463 e. The molecule has 5 heteroatoms. The number of methoxy groups -OCH3 is 1. The Balaban J connectivity index is 2.52. The molecule has 0 unspecified atom stereocenters. The average molecular weight is 247 g/mol. The molecule has 0 atom stereocenters. The summed E-state index contributed by atoms with van der Waals surface area (Å²) >= 11 is 0. The summed E-state index contributed by atoms with van der Waals surface area (Å²) < 4.78 is 4.42. The second-order valence-corrected chi connectivity index (χ2v) is 3.84. The topological polar surface area (TPSA) is 79.4 Å². The second kappa shape index (κ2) is 5.01. The third kappa shape index (κ3) is 2.00. The van der Waals surface area contributed by atoms with Crippen LogP contribution in [0.2, 0.25) is 0 Å². The maximum Gasteiger partial charge on any atom is 0.379 e. The summed E-state index contributed by atoms with van der Waals surface area (Å²) in [7, 11) is 1.17. The van der Waals surface area contributed by atoms with Gasteiger partial charge in [0.1, 0.15) is 0 Å². The fraction of sp³-hybridized carbons (Fsp3) is 0.231. The van der Waals surface area contributed by atoms with E-state index in [1.54, 1.807) is 12.1 Å². The van der Waals surface area contributed by atoms with Crippen molar-refractivity contribution in [1.82, 2.24) is 4.98 Å². The van der Waals surface area contributed by atoms with E-state index in [4.69, 9.17) is 5.11 Å². The number of rotatable bonds is 4. The number of hydrogen-bond donors (Lipinski definition) is 2. The van der Waals surface area contributed by atoms with Gasteiger partial charge in [0.05, 0.1) is 12.7 Å². The summed E-state index contributed by atoms with van der Waals surface area (Å²) in [6, 6.07) is 5.40. The van der Waals surface area contributed by atoms with E-state index in [0.29, 0.717) is 11.8 Å². The fourth-order valence-corrected chi connectivity index (χ4v) is 1.94. The first-order valence-electron chi connectivity index (χ1n) is 5.51. The molecule has 18 heavy (non-hydrogen) atoms. The number of ether oxygens (including phenoxy) is 1. The molecule has 0 aliphatic carbocycles. The number of aromatic amines is 1. The third-order valence-electron chi connectivity index (χ3n) is 2.80. The Bertz CT molecular complexity index is 600. The van der Waals surface area contributed by atoms with E-state index in [9.17, 15) is 9.59 Å². The van der Waals surface area contributed by atoms with Crippen LogP contribution < -0.4 is 0 Å². The molecule has 94 valence electrons. The molecular formula is C13H13NO4. The van der Waals surface area contributed by atoms with Gasteiger partial charge in [-0.3, -0.25) is 4.79 Å². The first-order chi connectivity index (χ1) is 8.69. The van der Waals surface area contributed by atoms with Gasteiger partial charge < -0.3 is 14.8 Å². The predicted octanol–water partition coefficient (Wildman–Crippen LogP) is 1.06. The fourth-order valence-electron chi connectivity index (χ4n) is 1.94. The number of carbonyl (C=O) groups excluding carboxylic acids is 2. The van der Waals surface area contributed by atoms with Gasteiger partial charge in [-0.05, 0) is 12.0 Å². The van der Waals surface area contributed by atoms with Crippen LogP contribution >= 0.6 is 0 Å². The summed E-state index contributed by atoms with van der Waals surface area (Å²) in [6.45, 7) is 0.0262. The number of aromatic nitrogens is 1. The molecule has 1 heterocycles. The van der Waals surface area contributed by atoms with Gasteiger partial charge in [0.15, 0.2) is 0 Å². The highest BCUT2D eigenvalue weighted by atomic mass is 16.5. The highest BCUT2D eigenvalue weighted by Crippen LogP contribution is 2.22. The van der Waals surface area contributed by atoms with Gasteiger partial charge in [-0.15, -0.1) is 0 Å². The Kier molecular flexibility index (Phi) is 3.43. The van der Waals surface area contributed by atoms with E-state index in [-0.39, 0.29) is 12.2 Å². The molecule has 0 spiro atoms. The monoisotopic (exact) mass is 247 g/mol. The van der Waals surface area contributed by atoms with Gasteiger partial charge >= 0.3 is 5.97 Å². The van der Waals surface area contributed by atoms with Crippen molar-refractivity contribution in [3.05, 3.63) is 35.5 Å². The van der Waals surface area contributed by atoms with Crippen LogP contribution in [0.15, 0.2) is 24.4 Å². The number of Topliss-reactive ketones (excluding diaryl/α,β-unsaturated/α-hetero) is 1. The first-order valence-corrected chi connectivity index (χ1v) is 5.51. The minimum Gasteiger partial charge on any atom is -0.463 e. The van der Waals surface area contributed by atoms with Crippen LogP contribution in [-0.2, 0) is 16.0 Å². The minimum absolute atomic E-state index is 0.0262. The second-order valence-electron chi connectivity index (χ2n) is 3.84. The van der Waals surface area contributed by atoms with Crippen molar-refractivity contribution in [2.75, 3.05) is 13.7 Å². The van der Waals surface area contributed by atoms with Gasteiger partial charge in [-0.1, -0.05) is 18.2 Å². The maximum absolute atomic E-state index is 11.8. The van der Waals surface area contributed by atoms with Crippen LogP contribution in [0.3, 0.4) is 0 Å². The number of benzene rings is 1. The number of nitrogens with one attached hydrogen (secondary N) is 1. The van der Waals surface area contributed by atoms with Crippen LogP contribution in [0.4, 0.5) is 0 Å². The number of aliphatic hydroxyl groups excluding tert-OH is 1. The van der Waals surface area contributed by atoms with E-state index in [1.807, 2.05) is 6.07 Å².